The summed E-state index contributed by atoms with van der Waals surface area (Å²) in [5, 5.41) is 0. The molecular formula is C22H30O6. The van der Waals surface area contributed by atoms with Crippen molar-refractivity contribution in [2.75, 3.05) is 0 Å². The van der Waals surface area contributed by atoms with Crippen LogP contribution in [0.5, 0.6) is 0 Å². The molecule has 0 amide bonds. The topological polar surface area (TPSA) is 78.9 Å². The number of allylic oxidation sites excluding steroid dienone is 3. The Balaban J connectivity index is 2.54. The van der Waals surface area contributed by atoms with Gasteiger partial charge < -0.3 is 14.2 Å². The number of hydrogen-bond acceptors (Lipinski definition) is 6. The SMILES string of the molecule is CC=C(C)C(=O)O[C@@H]1CC(C)=CCCC(C)=C[C@H]2OC(=O)[C@](C)(OC(C)=O)[C@H]21. The Hall–Kier alpha value is -2.37. The van der Waals surface area contributed by atoms with Crippen molar-refractivity contribution in [1.82, 2.24) is 0 Å². The van der Waals surface area contributed by atoms with Gasteiger partial charge in [0.2, 0.25) is 5.60 Å². The number of carbonyl (C=O) groups is 3. The summed E-state index contributed by atoms with van der Waals surface area (Å²) in [7, 11) is 0. The molecule has 1 saturated heterocycles. The summed E-state index contributed by atoms with van der Waals surface area (Å²) in [6.07, 6.45) is 6.49. The van der Waals surface area contributed by atoms with Crippen LogP contribution in [0.4, 0.5) is 0 Å². The predicted molar refractivity (Wildman–Crippen MR) is 104 cm³/mol. The largest absolute Gasteiger partial charge is 0.458 e. The average molecular weight is 390 g/mol. The lowest BCUT2D eigenvalue weighted by Crippen LogP contribution is -2.49. The van der Waals surface area contributed by atoms with E-state index >= 15 is 0 Å². The molecule has 0 aromatic rings. The number of ether oxygens (including phenoxy) is 3. The zero-order valence-electron chi connectivity index (χ0n) is 17.5. The molecule has 154 valence electrons. The van der Waals surface area contributed by atoms with E-state index in [1.807, 2.05) is 19.9 Å². The molecule has 6 heteroatoms. The second-order valence-electron chi connectivity index (χ2n) is 7.82. The van der Waals surface area contributed by atoms with E-state index < -0.39 is 41.6 Å². The normalized spacial score (nSPS) is 31.1. The molecule has 2 aliphatic rings. The van der Waals surface area contributed by atoms with Crippen LogP contribution in [-0.2, 0) is 28.6 Å². The number of carbonyl (C=O) groups excluding carboxylic acids is 3. The first-order valence-corrected chi connectivity index (χ1v) is 9.66. The average Bonchev–Trinajstić information content (AvgIpc) is 2.82. The summed E-state index contributed by atoms with van der Waals surface area (Å²) in [6, 6.07) is 0. The highest BCUT2D eigenvalue weighted by molar-refractivity contribution is 5.88. The summed E-state index contributed by atoms with van der Waals surface area (Å²) in [6.45, 7) is 10.2. The van der Waals surface area contributed by atoms with Crippen molar-refractivity contribution < 1.29 is 28.6 Å². The summed E-state index contributed by atoms with van der Waals surface area (Å²) in [5.41, 5.74) is 1.06. The van der Waals surface area contributed by atoms with Crippen LogP contribution < -0.4 is 0 Å². The maximum atomic E-state index is 12.7. The molecule has 0 unspecified atom stereocenters. The summed E-state index contributed by atoms with van der Waals surface area (Å²) in [4.78, 5) is 37.0. The van der Waals surface area contributed by atoms with E-state index in [2.05, 4.69) is 6.08 Å². The molecule has 4 atom stereocenters. The number of fused-ring (bicyclic) bond motifs is 1. The lowest BCUT2D eigenvalue weighted by molar-refractivity contribution is -0.176. The maximum Gasteiger partial charge on any atom is 0.351 e. The fraction of sp³-hybridized carbons (Fsp3) is 0.591. The van der Waals surface area contributed by atoms with Crippen LogP contribution in [-0.4, -0.2) is 35.7 Å². The molecule has 0 radical (unpaired) electrons. The van der Waals surface area contributed by atoms with Crippen LogP contribution in [0.3, 0.4) is 0 Å². The molecule has 0 bridgehead atoms. The Labute approximate surface area is 166 Å². The van der Waals surface area contributed by atoms with Crippen LogP contribution in [0.15, 0.2) is 34.9 Å². The van der Waals surface area contributed by atoms with Gasteiger partial charge in [0.15, 0.2) is 0 Å². The Bertz CT molecular complexity index is 744. The molecule has 6 nitrogen and oxygen atoms in total. The standard InChI is InChI=1S/C22H30O6/c1-7-15(4)20(24)26-17-11-13(2)9-8-10-14(3)12-18-19(17)22(6,21(25)27-18)28-16(5)23/h7,9,12,17-19H,8,10-11H2,1-6H3/t17-,18-,19+,22-/m1/s1. The van der Waals surface area contributed by atoms with Crippen LogP contribution in [0.2, 0.25) is 0 Å². The minimum absolute atomic E-state index is 0.435. The molecule has 2 rings (SSSR count). The molecule has 1 fully saturated rings. The van der Waals surface area contributed by atoms with E-state index in [-0.39, 0.29) is 0 Å². The molecule has 0 spiro atoms. The van der Waals surface area contributed by atoms with Gasteiger partial charge in [-0.2, -0.15) is 0 Å². The van der Waals surface area contributed by atoms with Crippen molar-refractivity contribution in [3.8, 4) is 0 Å². The van der Waals surface area contributed by atoms with Crippen LogP contribution in [0.1, 0.15) is 60.8 Å². The van der Waals surface area contributed by atoms with E-state index in [9.17, 15) is 14.4 Å². The highest BCUT2D eigenvalue weighted by Crippen LogP contribution is 2.42. The third-order valence-corrected chi connectivity index (χ3v) is 5.41. The maximum absolute atomic E-state index is 12.7. The molecule has 1 aliphatic carbocycles. The number of esters is 3. The van der Waals surface area contributed by atoms with Gasteiger partial charge in [-0.1, -0.05) is 23.3 Å². The van der Waals surface area contributed by atoms with E-state index in [0.717, 1.165) is 24.0 Å². The Kier molecular flexibility index (Phi) is 6.86. The van der Waals surface area contributed by atoms with Crippen molar-refractivity contribution in [3.63, 3.8) is 0 Å². The monoisotopic (exact) mass is 390 g/mol. The van der Waals surface area contributed by atoms with E-state index in [1.54, 1.807) is 26.8 Å². The highest BCUT2D eigenvalue weighted by atomic mass is 16.6. The second kappa shape index (κ2) is 8.76. The molecule has 0 N–H and O–H groups in total. The molecule has 1 heterocycles. The number of rotatable bonds is 3. The van der Waals surface area contributed by atoms with Gasteiger partial charge in [-0.3, -0.25) is 4.79 Å². The minimum Gasteiger partial charge on any atom is -0.458 e. The van der Waals surface area contributed by atoms with Crippen molar-refractivity contribution in [2.24, 2.45) is 5.92 Å². The van der Waals surface area contributed by atoms with Crippen molar-refractivity contribution in [3.05, 3.63) is 34.9 Å². The second-order valence-corrected chi connectivity index (χ2v) is 7.82. The zero-order chi connectivity index (χ0) is 21.1. The predicted octanol–water partition coefficient (Wildman–Crippen LogP) is 3.80. The van der Waals surface area contributed by atoms with Crippen molar-refractivity contribution in [1.29, 1.82) is 0 Å². The Morgan fingerprint density at radius 2 is 1.93 bits per heavy atom. The summed E-state index contributed by atoms with van der Waals surface area (Å²) < 4.78 is 16.9. The fourth-order valence-corrected chi connectivity index (χ4v) is 3.78. The van der Waals surface area contributed by atoms with Gasteiger partial charge >= 0.3 is 17.9 Å². The Morgan fingerprint density at radius 1 is 1.25 bits per heavy atom. The third-order valence-electron chi connectivity index (χ3n) is 5.41. The van der Waals surface area contributed by atoms with Gasteiger partial charge in [-0.25, -0.2) is 9.59 Å². The minimum atomic E-state index is -1.53. The van der Waals surface area contributed by atoms with Gasteiger partial charge in [-0.15, -0.1) is 0 Å². The molecule has 1 aliphatic heterocycles. The smallest absolute Gasteiger partial charge is 0.351 e. The zero-order valence-corrected chi connectivity index (χ0v) is 17.5. The Morgan fingerprint density at radius 3 is 2.54 bits per heavy atom. The highest BCUT2D eigenvalue weighted by Gasteiger charge is 2.60. The van der Waals surface area contributed by atoms with Gasteiger partial charge in [0, 0.05) is 18.9 Å². The van der Waals surface area contributed by atoms with Crippen LogP contribution in [0, 0.1) is 5.92 Å². The summed E-state index contributed by atoms with van der Waals surface area (Å²) >= 11 is 0. The van der Waals surface area contributed by atoms with Crippen LogP contribution in [0.25, 0.3) is 0 Å². The lowest BCUT2D eigenvalue weighted by atomic mass is 9.79. The first kappa shape index (κ1) is 21.9. The van der Waals surface area contributed by atoms with E-state index in [4.69, 9.17) is 14.2 Å². The van der Waals surface area contributed by atoms with Gasteiger partial charge in [0.1, 0.15) is 12.2 Å². The summed E-state index contributed by atoms with van der Waals surface area (Å²) in [5.74, 6) is -2.30. The van der Waals surface area contributed by atoms with Gasteiger partial charge in [0.25, 0.3) is 0 Å². The van der Waals surface area contributed by atoms with Crippen molar-refractivity contribution >= 4 is 17.9 Å². The first-order chi connectivity index (χ1) is 13.1. The quantitative estimate of drug-likeness (QED) is 0.316. The fourth-order valence-electron chi connectivity index (χ4n) is 3.78. The van der Waals surface area contributed by atoms with E-state index in [0.29, 0.717) is 12.0 Å². The van der Waals surface area contributed by atoms with Gasteiger partial charge in [0.05, 0.1) is 5.92 Å². The van der Waals surface area contributed by atoms with Crippen molar-refractivity contribution in [2.45, 2.75) is 78.6 Å². The van der Waals surface area contributed by atoms with Crippen LogP contribution >= 0.6 is 0 Å². The molecule has 0 aromatic heterocycles. The first-order valence-electron chi connectivity index (χ1n) is 9.66. The van der Waals surface area contributed by atoms with Gasteiger partial charge in [-0.05, 0) is 53.5 Å². The molecule has 0 saturated carbocycles. The van der Waals surface area contributed by atoms with E-state index in [1.165, 1.54) is 6.92 Å². The lowest BCUT2D eigenvalue weighted by Gasteiger charge is -2.34. The molecule has 28 heavy (non-hydrogen) atoms. The molecule has 0 aromatic carbocycles. The molecular weight excluding hydrogens is 360 g/mol. The number of hydrogen-bond donors (Lipinski definition) is 0. The third kappa shape index (κ3) is 4.72.